The number of nitrogens with one attached hydrogen (secondary N) is 2. The SMILES string of the molecule is CC(C)OC[C@@H]1C[C@H](CC(=O)NC(=S)Nc2ccc([N+](=O)[O-])cc2)C(=O)O1. The van der Waals surface area contributed by atoms with Crippen molar-refractivity contribution < 1.29 is 24.0 Å². The van der Waals surface area contributed by atoms with Crippen molar-refractivity contribution in [1.82, 2.24) is 5.32 Å². The Kier molecular flexibility index (Phi) is 7.19. The fourth-order valence-electron chi connectivity index (χ4n) is 2.52. The second-order valence-electron chi connectivity index (χ2n) is 6.38. The van der Waals surface area contributed by atoms with E-state index in [0.717, 1.165) is 0 Å². The average Bonchev–Trinajstić information content (AvgIpc) is 2.93. The third kappa shape index (κ3) is 6.57. The van der Waals surface area contributed by atoms with E-state index < -0.39 is 22.7 Å². The second kappa shape index (κ2) is 9.38. The van der Waals surface area contributed by atoms with Crippen LogP contribution in [0, 0.1) is 16.0 Å². The zero-order valence-electron chi connectivity index (χ0n) is 15.0. The van der Waals surface area contributed by atoms with Gasteiger partial charge in [-0.1, -0.05) is 0 Å². The minimum Gasteiger partial charge on any atom is -0.460 e. The van der Waals surface area contributed by atoms with Gasteiger partial charge in [0.2, 0.25) is 5.91 Å². The molecular weight excluding hydrogens is 374 g/mol. The van der Waals surface area contributed by atoms with Crippen molar-refractivity contribution in [1.29, 1.82) is 0 Å². The highest BCUT2D eigenvalue weighted by Crippen LogP contribution is 2.24. The van der Waals surface area contributed by atoms with E-state index in [1.165, 1.54) is 24.3 Å². The van der Waals surface area contributed by atoms with Crippen LogP contribution in [-0.4, -0.2) is 40.7 Å². The van der Waals surface area contributed by atoms with Crippen LogP contribution in [-0.2, 0) is 19.1 Å². The maximum atomic E-state index is 12.1. The Labute approximate surface area is 161 Å². The van der Waals surface area contributed by atoms with Crippen LogP contribution in [0.5, 0.6) is 0 Å². The van der Waals surface area contributed by atoms with Crippen LogP contribution in [0.1, 0.15) is 26.7 Å². The number of nitro benzene ring substituents is 1. The summed E-state index contributed by atoms with van der Waals surface area (Å²) in [6.45, 7) is 4.09. The van der Waals surface area contributed by atoms with Gasteiger partial charge in [0.15, 0.2) is 5.11 Å². The predicted octanol–water partition coefficient (Wildman–Crippen LogP) is 2.15. The van der Waals surface area contributed by atoms with Gasteiger partial charge in [-0.05, 0) is 38.2 Å². The fourth-order valence-corrected chi connectivity index (χ4v) is 2.75. The molecular formula is C17H21N3O6S. The summed E-state index contributed by atoms with van der Waals surface area (Å²) in [5.74, 6) is -1.37. The molecule has 1 aromatic carbocycles. The van der Waals surface area contributed by atoms with Crippen molar-refractivity contribution >= 4 is 40.6 Å². The van der Waals surface area contributed by atoms with E-state index in [2.05, 4.69) is 10.6 Å². The number of nitro groups is 1. The van der Waals surface area contributed by atoms with Crippen LogP contribution in [0.3, 0.4) is 0 Å². The number of thiocarbonyl (C=S) groups is 1. The zero-order valence-corrected chi connectivity index (χ0v) is 15.8. The van der Waals surface area contributed by atoms with E-state index >= 15 is 0 Å². The third-order valence-corrected chi connectivity index (χ3v) is 4.00. The number of non-ortho nitro benzene ring substituents is 1. The van der Waals surface area contributed by atoms with Crippen LogP contribution in [0.2, 0.25) is 0 Å². The summed E-state index contributed by atoms with van der Waals surface area (Å²) < 4.78 is 10.6. The highest BCUT2D eigenvalue weighted by molar-refractivity contribution is 7.80. The van der Waals surface area contributed by atoms with Crippen LogP contribution >= 0.6 is 12.2 Å². The van der Waals surface area contributed by atoms with Crippen molar-refractivity contribution in [2.24, 2.45) is 5.92 Å². The molecule has 0 saturated carbocycles. The first kappa shape index (κ1) is 20.7. The molecule has 1 saturated heterocycles. The van der Waals surface area contributed by atoms with Gasteiger partial charge in [-0.2, -0.15) is 0 Å². The highest BCUT2D eigenvalue weighted by Gasteiger charge is 2.36. The number of hydrogen-bond acceptors (Lipinski definition) is 7. The Morgan fingerprint density at radius 1 is 1.41 bits per heavy atom. The van der Waals surface area contributed by atoms with Gasteiger partial charge < -0.3 is 20.1 Å². The standard InChI is InChI=1S/C17H21N3O6S/c1-10(2)25-9-14-7-11(16(22)26-14)8-15(21)19-17(27)18-12-3-5-13(6-4-12)20(23)24/h3-6,10-11,14H,7-9H2,1-2H3,(H2,18,19,21,27)/t11-,14+/m1/s1. The minimum absolute atomic E-state index is 0.0360. The van der Waals surface area contributed by atoms with Gasteiger partial charge in [-0.15, -0.1) is 0 Å². The predicted molar refractivity (Wildman–Crippen MR) is 101 cm³/mol. The maximum Gasteiger partial charge on any atom is 0.309 e. The van der Waals surface area contributed by atoms with Crippen LogP contribution in [0.25, 0.3) is 0 Å². The largest absolute Gasteiger partial charge is 0.460 e. The van der Waals surface area contributed by atoms with E-state index in [1.807, 2.05) is 13.8 Å². The van der Waals surface area contributed by atoms with E-state index in [9.17, 15) is 19.7 Å². The van der Waals surface area contributed by atoms with Gasteiger partial charge in [0.25, 0.3) is 5.69 Å². The van der Waals surface area contributed by atoms with Crippen LogP contribution < -0.4 is 10.6 Å². The average molecular weight is 395 g/mol. The summed E-state index contributed by atoms with van der Waals surface area (Å²) >= 11 is 5.05. The van der Waals surface area contributed by atoms with Crippen molar-refractivity contribution in [2.75, 3.05) is 11.9 Å². The molecule has 1 aliphatic heterocycles. The molecule has 0 aliphatic carbocycles. The lowest BCUT2D eigenvalue weighted by molar-refractivity contribution is -0.384. The minimum atomic E-state index is -0.534. The molecule has 1 heterocycles. The Balaban J connectivity index is 1.78. The molecule has 0 aromatic heterocycles. The quantitative estimate of drug-likeness (QED) is 0.312. The lowest BCUT2D eigenvalue weighted by atomic mass is 10.0. The van der Waals surface area contributed by atoms with Gasteiger partial charge in [-0.25, -0.2) is 0 Å². The molecule has 10 heteroatoms. The molecule has 2 N–H and O–H groups in total. The van der Waals surface area contributed by atoms with Gasteiger partial charge in [0.05, 0.1) is 23.6 Å². The molecule has 1 aliphatic rings. The van der Waals surface area contributed by atoms with Crippen molar-refractivity contribution in [3.8, 4) is 0 Å². The van der Waals surface area contributed by atoms with Crippen LogP contribution in [0.4, 0.5) is 11.4 Å². The second-order valence-corrected chi connectivity index (χ2v) is 6.79. The number of carbonyl (C=O) groups excluding carboxylic acids is 2. The molecule has 0 bridgehead atoms. The first-order chi connectivity index (χ1) is 12.7. The van der Waals surface area contributed by atoms with Gasteiger partial charge >= 0.3 is 5.97 Å². The first-order valence-electron chi connectivity index (χ1n) is 8.42. The molecule has 2 rings (SSSR count). The van der Waals surface area contributed by atoms with Crippen LogP contribution in [0.15, 0.2) is 24.3 Å². The van der Waals surface area contributed by atoms with E-state index in [0.29, 0.717) is 18.7 Å². The zero-order chi connectivity index (χ0) is 20.0. The Morgan fingerprint density at radius 2 is 2.07 bits per heavy atom. The highest BCUT2D eigenvalue weighted by atomic mass is 32.1. The van der Waals surface area contributed by atoms with Crippen molar-refractivity contribution in [3.63, 3.8) is 0 Å². The molecule has 1 aromatic rings. The van der Waals surface area contributed by atoms with Crippen molar-refractivity contribution in [2.45, 2.75) is 38.9 Å². The molecule has 2 atom stereocenters. The Morgan fingerprint density at radius 3 is 2.67 bits per heavy atom. The summed E-state index contributed by atoms with van der Waals surface area (Å²) in [7, 11) is 0. The molecule has 0 radical (unpaired) electrons. The monoisotopic (exact) mass is 395 g/mol. The summed E-state index contributed by atoms with van der Waals surface area (Å²) in [4.78, 5) is 34.1. The number of amides is 1. The summed E-state index contributed by atoms with van der Waals surface area (Å²) in [6, 6.07) is 5.59. The maximum absolute atomic E-state index is 12.1. The smallest absolute Gasteiger partial charge is 0.309 e. The number of esters is 1. The van der Waals surface area contributed by atoms with E-state index in [-0.39, 0.29) is 29.4 Å². The first-order valence-corrected chi connectivity index (χ1v) is 8.82. The topological polar surface area (TPSA) is 120 Å². The number of anilines is 1. The number of benzene rings is 1. The molecule has 9 nitrogen and oxygen atoms in total. The summed E-state index contributed by atoms with van der Waals surface area (Å²) in [5.41, 5.74) is 0.448. The Hall–Kier alpha value is -2.59. The lowest BCUT2D eigenvalue weighted by Gasteiger charge is -2.12. The van der Waals surface area contributed by atoms with Gasteiger partial charge in [-0.3, -0.25) is 19.7 Å². The third-order valence-electron chi connectivity index (χ3n) is 3.80. The number of hydrogen-bond donors (Lipinski definition) is 2. The lowest BCUT2D eigenvalue weighted by Crippen LogP contribution is -2.35. The number of cyclic esters (lactones) is 1. The molecule has 0 unspecified atom stereocenters. The number of carbonyl (C=O) groups is 2. The van der Waals surface area contributed by atoms with E-state index in [1.54, 1.807) is 0 Å². The fraction of sp³-hybridized carbons (Fsp3) is 0.471. The van der Waals surface area contributed by atoms with Gasteiger partial charge in [0.1, 0.15) is 6.10 Å². The molecule has 1 fully saturated rings. The van der Waals surface area contributed by atoms with Crippen molar-refractivity contribution in [3.05, 3.63) is 34.4 Å². The number of ether oxygens (including phenoxy) is 2. The summed E-state index contributed by atoms with van der Waals surface area (Å²) in [6.07, 6.45) is 0.0671. The van der Waals surface area contributed by atoms with Gasteiger partial charge in [0, 0.05) is 30.7 Å². The molecule has 146 valence electrons. The molecule has 27 heavy (non-hydrogen) atoms. The number of nitrogens with zero attached hydrogens (tertiary/aromatic N) is 1. The van der Waals surface area contributed by atoms with E-state index in [4.69, 9.17) is 21.7 Å². The number of rotatable bonds is 7. The Bertz CT molecular complexity index is 722. The molecule has 1 amide bonds. The normalized spacial score (nSPS) is 18.9. The summed E-state index contributed by atoms with van der Waals surface area (Å²) in [5, 5.41) is 15.9. The molecule has 0 spiro atoms.